The molecule has 0 amide bonds. The Morgan fingerprint density at radius 1 is 1.43 bits per heavy atom. The third-order valence-electron chi connectivity index (χ3n) is 2.69. The van der Waals surface area contributed by atoms with Gasteiger partial charge in [0.25, 0.3) is 0 Å². The zero-order chi connectivity index (χ0) is 10.1. The Balaban J connectivity index is 2.13. The second kappa shape index (κ2) is 3.40. The smallest absolute Gasteiger partial charge is 0.307 e. The Morgan fingerprint density at radius 2 is 2.00 bits per heavy atom. The normalized spacial score (nSPS) is 29.2. The van der Waals surface area contributed by atoms with E-state index in [-0.39, 0.29) is 17.8 Å². The summed E-state index contributed by atoms with van der Waals surface area (Å²) in [5, 5.41) is 0. The van der Waals surface area contributed by atoms with Crippen LogP contribution in [0.5, 0.6) is 0 Å². The molecule has 0 radical (unpaired) electrons. The summed E-state index contributed by atoms with van der Waals surface area (Å²) in [6.45, 7) is 1.38. The molecule has 2 aliphatic rings. The van der Waals surface area contributed by atoms with Gasteiger partial charge in [0.1, 0.15) is 5.78 Å². The minimum Gasteiger partial charge on any atom is -0.435 e. The molecule has 0 N–H and O–H groups in total. The van der Waals surface area contributed by atoms with E-state index in [0.717, 1.165) is 5.57 Å². The highest BCUT2D eigenvalue weighted by atomic mass is 16.5. The Hall–Kier alpha value is -1.38. The fourth-order valence-corrected chi connectivity index (χ4v) is 2.04. The molecule has 0 aromatic heterocycles. The van der Waals surface area contributed by atoms with Gasteiger partial charge in [-0.25, -0.2) is 0 Å². The molecule has 1 saturated carbocycles. The lowest BCUT2D eigenvalue weighted by molar-refractivity contribution is -0.135. The first-order valence-electron chi connectivity index (χ1n) is 4.74. The van der Waals surface area contributed by atoms with Crippen LogP contribution < -0.4 is 0 Å². The van der Waals surface area contributed by atoms with E-state index >= 15 is 0 Å². The largest absolute Gasteiger partial charge is 0.435 e. The summed E-state index contributed by atoms with van der Waals surface area (Å²) in [6.07, 6.45) is 6.69. The van der Waals surface area contributed by atoms with Crippen molar-refractivity contribution in [3.8, 4) is 0 Å². The quantitative estimate of drug-likeness (QED) is 0.360. The maximum absolute atomic E-state index is 11.2. The molecule has 14 heavy (non-hydrogen) atoms. The standard InChI is InChI=1S/C11H12O3/c1-7(12)14-6-11-8-2-3-9(11)5-10(13)4-8/h2-3,6,8-9H,4-5H2,1H3. The van der Waals surface area contributed by atoms with Crippen LogP contribution in [0, 0.1) is 11.8 Å². The molecule has 2 bridgehead atoms. The van der Waals surface area contributed by atoms with Crippen molar-refractivity contribution in [1.29, 1.82) is 0 Å². The molecule has 0 aromatic rings. The van der Waals surface area contributed by atoms with Crippen LogP contribution in [0.2, 0.25) is 0 Å². The zero-order valence-electron chi connectivity index (χ0n) is 8.03. The number of ether oxygens (including phenoxy) is 1. The Labute approximate surface area is 82.4 Å². The summed E-state index contributed by atoms with van der Waals surface area (Å²) in [5.41, 5.74) is 1.07. The lowest BCUT2D eigenvalue weighted by Crippen LogP contribution is -2.19. The average Bonchev–Trinajstić information content (AvgIpc) is 2.34. The number of esters is 1. The summed E-state index contributed by atoms with van der Waals surface area (Å²) < 4.78 is 4.85. The van der Waals surface area contributed by atoms with Crippen LogP contribution in [0.15, 0.2) is 24.0 Å². The maximum atomic E-state index is 11.2. The van der Waals surface area contributed by atoms with E-state index < -0.39 is 0 Å². The van der Waals surface area contributed by atoms with Gasteiger partial charge >= 0.3 is 5.97 Å². The molecular formula is C11H12O3. The monoisotopic (exact) mass is 192 g/mol. The second-order valence-electron chi connectivity index (χ2n) is 3.77. The van der Waals surface area contributed by atoms with Gasteiger partial charge in [0.05, 0.1) is 6.26 Å². The van der Waals surface area contributed by atoms with E-state index in [1.807, 2.05) is 12.2 Å². The summed E-state index contributed by atoms with van der Waals surface area (Å²) in [6, 6.07) is 0. The van der Waals surface area contributed by atoms with Crippen LogP contribution in [-0.2, 0) is 14.3 Å². The number of rotatable bonds is 1. The van der Waals surface area contributed by atoms with Gasteiger partial charge in [0.2, 0.25) is 0 Å². The number of allylic oxidation sites excluding steroid dienone is 3. The van der Waals surface area contributed by atoms with Crippen molar-refractivity contribution in [2.45, 2.75) is 19.8 Å². The van der Waals surface area contributed by atoms with Crippen molar-refractivity contribution >= 4 is 11.8 Å². The van der Waals surface area contributed by atoms with Crippen LogP contribution >= 0.6 is 0 Å². The fraction of sp³-hybridized carbons (Fsp3) is 0.455. The fourth-order valence-electron chi connectivity index (χ4n) is 2.04. The van der Waals surface area contributed by atoms with Gasteiger partial charge in [0, 0.05) is 31.6 Å². The summed E-state index contributed by atoms with van der Waals surface area (Å²) >= 11 is 0. The van der Waals surface area contributed by atoms with Crippen LogP contribution in [0.4, 0.5) is 0 Å². The summed E-state index contributed by atoms with van der Waals surface area (Å²) in [4.78, 5) is 21.9. The van der Waals surface area contributed by atoms with Crippen LogP contribution in [-0.4, -0.2) is 11.8 Å². The molecule has 0 aromatic carbocycles. The molecule has 1 fully saturated rings. The molecule has 2 rings (SSSR count). The van der Waals surface area contributed by atoms with Gasteiger partial charge in [-0.2, -0.15) is 0 Å². The molecule has 3 nitrogen and oxygen atoms in total. The van der Waals surface area contributed by atoms with Gasteiger partial charge < -0.3 is 4.74 Å². The number of Topliss-reactive ketones (excluding diaryl/α,β-unsaturated/α-hetero) is 1. The van der Waals surface area contributed by atoms with E-state index in [2.05, 4.69) is 0 Å². The molecule has 0 aliphatic heterocycles. The highest BCUT2D eigenvalue weighted by Crippen LogP contribution is 2.39. The maximum Gasteiger partial charge on any atom is 0.307 e. The first kappa shape index (κ1) is 9.19. The van der Waals surface area contributed by atoms with Gasteiger partial charge in [-0.1, -0.05) is 12.2 Å². The average molecular weight is 192 g/mol. The van der Waals surface area contributed by atoms with Crippen molar-refractivity contribution in [1.82, 2.24) is 0 Å². The zero-order valence-corrected chi connectivity index (χ0v) is 8.03. The first-order valence-corrected chi connectivity index (χ1v) is 4.74. The lowest BCUT2D eigenvalue weighted by atomic mass is 9.83. The highest BCUT2D eigenvalue weighted by molar-refractivity contribution is 5.82. The van der Waals surface area contributed by atoms with Crippen LogP contribution in [0.25, 0.3) is 0 Å². The number of ketones is 1. The van der Waals surface area contributed by atoms with Crippen molar-refractivity contribution in [2.75, 3.05) is 0 Å². The SMILES string of the molecule is CC(=O)OC=C1C2C=CC1CC(=O)C2. The van der Waals surface area contributed by atoms with E-state index in [9.17, 15) is 9.59 Å². The highest BCUT2D eigenvalue weighted by Gasteiger charge is 2.33. The molecule has 2 aliphatic carbocycles. The third kappa shape index (κ3) is 1.62. The Kier molecular flexibility index (Phi) is 2.23. The molecule has 2 atom stereocenters. The van der Waals surface area contributed by atoms with E-state index in [4.69, 9.17) is 4.74 Å². The molecule has 2 unspecified atom stereocenters. The molecular weight excluding hydrogens is 180 g/mol. The minimum absolute atomic E-state index is 0.167. The van der Waals surface area contributed by atoms with Crippen molar-refractivity contribution in [2.24, 2.45) is 11.8 Å². The molecule has 74 valence electrons. The number of hydrogen-bond donors (Lipinski definition) is 0. The first-order chi connectivity index (χ1) is 6.66. The Bertz CT molecular complexity index is 318. The minimum atomic E-state index is -0.311. The lowest BCUT2D eigenvalue weighted by Gasteiger charge is -2.21. The summed E-state index contributed by atoms with van der Waals surface area (Å²) in [7, 11) is 0. The number of hydrogen-bond acceptors (Lipinski definition) is 3. The van der Waals surface area contributed by atoms with Gasteiger partial charge in [0.15, 0.2) is 0 Å². The predicted octanol–water partition coefficient (Wildman–Crippen LogP) is 1.60. The topological polar surface area (TPSA) is 43.4 Å². The van der Waals surface area contributed by atoms with E-state index in [1.54, 1.807) is 0 Å². The van der Waals surface area contributed by atoms with E-state index in [1.165, 1.54) is 13.2 Å². The van der Waals surface area contributed by atoms with Gasteiger partial charge in [-0.05, 0) is 5.57 Å². The molecule has 0 saturated heterocycles. The molecule has 3 heteroatoms. The van der Waals surface area contributed by atoms with E-state index in [0.29, 0.717) is 18.6 Å². The third-order valence-corrected chi connectivity index (χ3v) is 2.69. The number of fused-ring (bicyclic) bond motifs is 2. The van der Waals surface area contributed by atoms with Gasteiger partial charge in [-0.3, -0.25) is 9.59 Å². The molecule has 0 spiro atoms. The van der Waals surface area contributed by atoms with Crippen LogP contribution in [0.1, 0.15) is 19.8 Å². The van der Waals surface area contributed by atoms with Crippen molar-refractivity contribution in [3.05, 3.63) is 24.0 Å². The van der Waals surface area contributed by atoms with Crippen molar-refractivity contribution < 1.29 is 14.3 Å². The number of carbonyl (C=O) groups excluding carboxylic acids is 2. The van der Waals surface area contributed by atoms with Gasteiger partial charge in [-0.15, -0.1) is 0 Å². The van der Waals surface area contributed by atoms with Crippen molar-refractivity contribution in [3.63, 3.8) is 0 Å². The summed E-state index contributed by atoms with van der Waals surface area (Å²) in [5.74, 6) is 0.319. The molecule has 0 heterocycles. The number of carbonyl (C=O) groups is 2. The predicted molar refractivity (Wildman–Crippen MR) is 50.2 cm³/mol. The Morgan fingerprint density at radius 3 is 2.50 bits per heavy atom. The van der Waals surface area contributed by atoms with Crippen LogP contribution in [0.3, 0.4) is 0 Å². The second-order valence-corrected chi connectivity index (χ2v) is 3.77.